The van der Waals surface area contributed by atoms with E-state index in [0.717, 1.165) is 0 Å². The highest BCUT2D eigenvalue weighted by Gasteiger charge is 2.35. The maximum absolute atomic E-state index is 12.3. The summed E-state index contributed by atoms with van der Waals surface area (Å²) in [6.07, 6.45) is -0.611. The fourth-order valence-corrected chi connectivity index (χ4v) is 2.56. The number of imide groups is 1. The van der Waals surface area contributed by atoms with Gasteiger partial charge in [0.15, 0.2) is 0 Å². The number of hydroxylamine groups is 2. The fraction of sp³-hybridized carbons (Fsp3) is 0.800. The highest BCUT2D eigenvalue weighted by Crippen LogP contribution is 2.14. The van der Waals surface area contributed by atoms with Crippen molar-refractivity contribution in [3.63, 3.8) is 0 Å². The van der Waals surface area contributed by atoms with Gasteiger partial charge < -0.3 is 33.8 Å². The molecular formula is C20H34N2O10. The maximum atomic E-state index is 12.3. The van der Waals surface area contributed by atoms with Crippen LogP contribution in [0, 0.1) is 5.92 Å². The number of carbonyl (C=O) groups is 4. The van der Waals surface area contributed by atoms with E-state index in [1.807, 2.05) is 13.8 Å². The van der Waals surface area contributed by atoms with Crippen LogP contribution in [0.1, 0.15) is 33.1 Å². The van der Waals surface area contributed by atoms with Crippen LogP contribution in [-0.2, 0) is 42.9 Å². The average Bonchev–Trinajstić information content (AvgIpc) is 3.05. The number of rotatable bonds is 17. The number of hydrogen-bond donors (Lipinski definition) is 1. The summed E-state index contributed by atoms with van der Waals surface area (Å²) in [4.78, 5) is 52.4. The van der Waals surface area contributed by atoms with Gasteiger partial charge in [0.2, 0.25) is 0 Å². The quantitative estimate of drug-likeness (QED) is 0.239. The van der Waals surface area contributed by atoms with E-state index in [1.165, 1.54) is 0 Å². The van der Waals surface area contributed by atoms with Crippen molar-refractivity contribution in [2.45, 2.75) is 39.2 Å². The van der Waals surface area contributed by atoms with Crippen molar-refractivity contribution >= 4 is 23.9 Å². The third-order valence-electron chi connectivity index (χ3n) is 4.11. The van der Waals surface area contributed by atoms with Gasteiger partial charge in [-0.05, 0) is 12.3 Å². The summed E-state index contributed by atoms with van der Waals surface area (Å²) in [6.45, 7) is 6.46. The first-order valence-electron chi connectivity index (χ1n) is 10.6. The van der Waals surface area contributed by atoms with Gasteiger partial charge in [-0.2, -0.15) is 0 Å². The van der Waals surface area contributed by atoms with Crippen molar-refractivity contribution in [2.24, 2.45) is 5.92 Å². The van der Waals surface area contributed by atoms with Gasteiger partial charge in [-0.15, -0.1) is 5.06 Å². The Morgan fingerprint density at radius 2 is 1.38 bits per heavy atom. The largest absolute Gasteiger partial charge is 0.447 e. The number of hydrogen-bond acceptors (Lipinski definition) is 10. The molecule has 1 rings (SSSR count). The zero-order chi connectivity index (χ0) is 23.8. The smallest absolute Gasteiger partial charge is 0.407 e. The Hall–Kier alpha value is -2.28. The summed E-state index contributed by atoms with van der Waals surface area (Å²) < 4.78 is 25.7. The molecular weight excluding hydrogens is 428 g/mol. The highest BCUT2D eigenvalue weighted by atomic mass is 16.7. The monoisotopic (exact) mass is 462 g/mol. The molecule has 0 aromatic rings. The molecule has 3 amide bonds. The Balaban J connectivity index is 2.20. The second-order valence-electron chi connectivity index (χ2n) is 7.28. The number of alkyl carbamates (subject to hydrolysis) is 1. The SMILES string of the molecule is COCCOCCOCCOCCOC(=O)N[C@@H](CC(C)C)C(=O)ON1C(=O)CCC1=O. The van der Waals surface area contributed by atoms with Gasteiger partial charge in [-0.1, -0.05) is 13.8 Å². The molecule has 0 spiro atoms. The van der Waals surface area contributed by atoms with Gasteiger partial charge in [0, 0.05) is 20.0 Å². The van der Waals surface area contributed by atoms with Crippen LogP contribution in [0.2, 0.25) is 0 Å². The highest BCUT2D eigenvalue weighted by molar-refractivity contribution is 6.01. The van der Waals surface area contributed by atoms with E-state index in [-0.39, 0.29) is 38.4 Å². The van der Waals surface area contributed by atoms with Crippen LogP contribution in [0.4, 0.5) is 4.79 Å². The Labute approximate surface area is 187 Å². The molecule has 184 valence electrons. The third kappa shape index (κ3) is 11.9. The van der Waals surface area contributed by atoms with Gasteiger partial charge in [0.05, 0.1) is 46.2 Å². The van der Waals surface area contributed by atoms with E-state index in [4.69, 9.17) is 28.5 Å². The summed E-state index contributed by atoms with van der Waals surface area (Å²) in [7, 11) is 1.60. The van der Waals surface area contributed by atoms with Crippen LogP contribution in [0.25, 0.3) is 0 Å². The average molecular weight is 462 g/mol. The summed E-state index contributed by atoms with van der Waals surface area (Å²) in [5.74, 6) is -2.05. The zero-order valence-corrected chi connectivity index (χ0v) is 19.0. The normalized spacial score (nSPS) is 14.7. The van der Waals surface area contributed by atoms with Crippen molar-refractivity contribution in [3.8, 4) is 0 Å². The standard InChI is InChI=1S/C20H34N2O10/c1-15(2)14-16(19(25)32-22-17(23)4-5-18(22)24)21-20(26)31-13-12-30-11-10-29-9-8-28-7-6-27-3/h15-16H,4-14H2,1-3H3,(H,21,26)/t16-/m0/s1. The van der Waals surface area contributed by atoms with Crippen LogP contribution < -0.4 is 5.32 Å². The predicted octanol–water partition coefficient (Wildman–Crippen LogP) is 0.431. The van der Waals surface area contributed by atoms with Crippen molar-refractivity contribution in [1.29, 1.82) is 0 Å². The van der Waals surface area contributed by atoms with E-state index in [1.54, 1.807) is 7.11 Å². The Bertz CT molecular complexity index is 583. The lowest BCUT2D eigenvalue weighted by Gasteiger charge is -2.21. The van der Waals surface area contributed by atoms with Crippen molar-refractivity contribution in [1.82, 2.24) is 10.4 Å². The number of nitrogens with one attached hydrogen (secondary N) is 1. The minimum atomic E-state index is -1.07. The summed E-state index contributed by atoms with van der Waals surface area (Å²) in [5, 5.41) is 2.85. The molecule has 0 aromatic heterocycles. The van der Waals surface area contributed by atoms with Crippen LogP contribution in [0.15, 0.2) is 0 Å². The molecule has 1 saturated heterocycles. The number of amides is 3. The molecule has 12 heteroatoms. The Morgan fingerprint density at radius 3 is 1.88 bits per heavy atom. The first kappa shape index (κ1) is 27.8. The van der Waals surface area contributed by atoms with Gasteiger partial charge in [0.25, 0.3) is 11.8 Å². The van der Waals surface area contributed by atoms with Crippen LogP contribution >= 0.6 is 0 Å². The van der Waals surface area contributed by atoms with E-state index in [0.29, 0.717) is 44.7 Å². The minimum absolute atomic E-state index is 0.0103. The fourth-order valence-electron chi connectivity index (χ4n) is 2.56. The van der Waals surface area contributed by atoms with Crippen molar-refractivity contribution in [2.75, 3.05) is 60.0 Å². The lowest BCUT2D eigenvalue weighted by atomic mass is 10.0. The molecule has 0 radical (unpaired) electrons. The number of ether oxygens (including phenoxy) is 5. The summed E-state index contributed by atoms with van der Waals surface area (Å²) >= 11 is 0. The van der Waals surface area contributed by atoms with Crippen LogP contribution in [-0.4, -0.2) is 94.9 Å². The Morgan fingerprint density at radius 1 is 0.875 bits per heavy atom. The summed E-state index contributed by atoms with van der Waals surface area (Å²) in [5.41, 5.74) is 0. The molecule has 12 nitrogen and oxygen atoms in total. The van der Waals surface area contributed by atoms with Crippen LogP contribution in [0.3, 0.4) is 0 Å². The second-order valence-corrected chi connectivity index (χ2v) is 7.28. The van der Waals surface area contributed by atoms with E-state index < -0.39 is 29.9 Å². The molecule has 0 bridgehead atoms. The van der Waals surface area contributed by atoms with Crippen LogP contribution in [0.5, 0.6) is 0 Å². The molecule has 1 fully saturated rings. The molecule has 1 heterocycles. The molecule has 0 aromatic carbocycles. The topological polar surface area (TPSA) is 139 Å². The van der Waals surface area contributed by atoms with E-state index in [9.17, 15) is 19.2 Å². The molecule has 0 unspecified atom stereocenters. The first-order chi connectivity index (χ1) is 15.3. The second kappa shape index (κ2) is 16.4. The lowest BCUT2D eigenvalue weighted by molar-refractivity contribution is -0.199. The van der Waals surface area contributed by atoms with Gasteiger partial charge in [0.1, 0.15) is 12.6 Å². The molecule has 1 aliphatic heterocycles. The van der Waals surface area contributed by atoms with Gasteiger partial charge >= 0.3 is 12.1 Å². The van der Waals surface area contributed by atoms with E-state index in [2.05, 4.69) is 5.32 Å². The molecule has 32 heavy (non-hydrogen) atoms. The maximum Gasteiger partial charge on any atom is 0.407 e. The third-order valence-corrected chi connectivity index (χ3v) is 4.11. The minimum Gasteiger partial charge on any atom is -0.447 e. The Kier molecular flexibility index (Phi) is 14.2. The van der Waals surface area contributed by atoms with Crippen molar-refractivity contribution in [3.05, 3.63) is 0 Å². The molecule has 1 atom stereocenters. The lowest BCUT2D eigenvalue weighted by Crippen LogP contribution is -2.46. The predicted molar refractivity (Wildman–Crippen MR) is 109 cm³/mol. The molecule has 0 saturated carbocycles. The molecule has 1 aliphatic rings. The molecule has 0 aliphatic carbocycles. The first-order valence-corrected chi connectivity index (χ1v) is 10.6. The van der Waals surface area contributed by atoms with E-state index >= 15 is 0 Å². The van der Waals surface area contributed by atoms with Gasteiger partial charge in [-0.25, -0.2) is 9.59 Å². The summed E-state index contributed by atoms with van der Waals surface area (Å²) in [6, 6.07) is -1.07. The molecule has 1 N–H and O–H groups in total. The number of nitrogens with zero attached hydrogens (tertiary/aromatic N) is 1. The number of carbonyl (C=O) groups excluding carboxylic acids is 4. The zero-order valence-electron chi connectivity index (χ0n) is 19.0. The van der Waals surface area contributed by atoms with Gasteiger partial charge in [-0.3, -0.25) is 9.59 Å². The van der Waals surface area contributed by atoms with Crippen molar-refractivity contribution < 1.29 is 47.7 Å². The number of methoxy groups -OCH3 is 1.